The molecular weight excluding hydrogens is 335 g/mol. The summed E-state index contributed by atoms with van der Waals surface area (Å²) in [7, 11) is 0. The maximum Gasteiger partial charge on any atom is 0.335 e. The van der Waals surface area contributed by atoms with Gasteiger partial charge < -0.3 is 5.11 Å². The van der Waals surface area contributed by atoms with Crippen LogP contribution in [0.3, 0.4) is 0 Å². The van der Waals surface area contributed by atoms with Crippen LogP contribution in [-0.4, -0.2) is 20.6 Å². The van der Waals surface area contributed by atoms with Crippen molar-refractivity contribution in [2.75, 3.05) is 0 Å². The molecule has 2 aromatic carbocycles. The number of carboxylic acid groups (broad SMARTS) is 1. The van der Waals surface area contributed by atoms with E-state index < -0.39 is 5.97 Å². The van der Waals surface area contributed by atoms with Gasteiger partial charge in [0.15, 0.2) is 0 Å². The summed E-state index contributed by atoms with van der Waals surface area (Å²) in [4.78, 5) is 28.6. The molecule has 26 heavy (non-hydrogen) atoms. The maximum atomic E-state index is 13.1. The molecule has 5 nitrogen and oxygen atoms in total. The van der Waals surface area contributed by atoms with Crippen molar-refractivity contribution < 1.29 is 14.3 Å². The van der Waals surface area contributed by atoms with Gasteiger partial charge >= 0.3 is 5.97 Å². The number of nitrogens with zero attached hydrogens (tertiary/aromatic N) is 2. The molecule has 0 bridgehead atoms. The van der Waals surface area contributed by atoms with Gasteiger partial charge in [-0.3, -0.25) is 9.36 Å². The molecule has 0 spiro atoms. The van der Waals surface area contributed by atoms with E-state index in [1.54, 1.807) is 22.8 Å². The van der Waals surface area contributed by atoms with Crippen molar-refractivity contribution in [2.24, 2.45) is 0 Å². The molecule has 0 saturated heterocycles. The van der Waals surface area contributed by atoms with E-state index >= 15 is 0 Å². The Morgan fingerprint density at radius 1 is 1.19 bits per heavy atom. The summed E-state index contributed by atoms with van der Waals surface area (Å²) < 4.78 is 14.7. The number of aromatic carboxylic acids is 1. The third kappa shape index (κ3) is 2.79. The second kappa shape index (κ2) is 6.22. The highest BCUT2D eigenvalue weighted by molar-refractivity contribution is 5.93. The zero-order valence-corrected chi connectivity index (χ0v) is 13.8. The molecule has 1 aliphatic heterocycles. The van der Waals surface area contributed by atoms with Gasteiger partial charge in [0, 0.05) is 6.54 Å². The van der Waals surface area contributed by atoms with Crippen LogP contribution in [-0.2, 0) is 6.54 Å². The van der Waals surface area contributed by atoms with Gasteiger partial charge in [0.25, 0.3) is 5.56 Å². The monoisotopic (exact) mass is 350 g/mol. The quantitative estimate of drug-likeness (QED) is 0.767. The Morgan fingerprint density at radius 2 is 1.96 bits per heavy atom. The highest BCUT2D eigenvalue weighted by Crippen LogP contribution is 2.27. The van der Waals surface area contributed by atoms with E-state index in [2.05, 4.69) is 4.98 Å². The lowest BCUT2D eigenvalue weighted by molar-refractivity contribution is 0.0697. The molecule has 1 aromatic heterocycles. The lowest BCUT2D eigenvalue weighted by atomic mass is 10.0. The molecular formula is C20H15FN2O3. The molecule has 1 aliphatic rings. The molecule has 130 valence electrons. The minimum Gasteiger partial charge on any atom is -0.478 e. The van der Waals surface area contributed by atoms with Crippen LogP contribution in [0.1, 0.15) is 34.6 Å². The lowest BCUT2D eigenvalue weighted by Gasteiger charge is -2.21. The Labute approximate surface area is 148 Å². The van der Waals surface area contributed by atoms with Crippen molar-refractivity contribution in [1.29, 1.82) is 0 Å². The van der Waals surface area contributed by atoms with Crippen LogP contribution in [0.4, 0.5) is 4.39 Å². The van der Waals surface area contributed by atoms with Crippen molar-refractivity contribution in [1.82, 2.24) is 9.55 Å². The summed E-state index contributed by atoms with van der Waals surface area (Å²) in [5.74, 6) is -0.794. The number of halogens is 1. The van der Waals surface area contributed by atoms with Gasteiger partial charge in [-0.2, -0.15) is 0 Å². The van der Waals surface area contributed by atoms with Crippen molar-refractivity contribution >= 4 is 28.5 Å². The number of fused-ring (bicyclic) bond motifs is 2. The van der Waals surface area contributed by atoms with E-state index in [-0.39, 0.29) is 16.9 Å². The average Bonchev–Trinajstić information content (AvgIpc) is 2.64. The van der Waals surface area contributed by atoms with E-state index in [4.69, 9.17) is 5.11 Å². The number of allylic oxidation sites excluding steroid dienone is 1. The van der Waals surface area contributed by atoms with Gasteiger partial charge in [-0.05, 0) is 60.4 Å². The van der Waals surface area contributed by atoms with E-state index in [0.29, 0.717) is 23.3 Å². The molecule has 0 unspecified atom stereocenters. The van der Waals surface area contributed by atoms with Gasteiger partial charge in [0.1, 0.15) is 11.6 Å². The molecule has 1 N–H and O–H groups in total. The lowest BCUT2D eigenvalue weighted by Crippen LogP contribution is -2.28. The highest BCUT2D eigenvalue weighted by Gasteiger charge is 2.19. The Kier molecular flexibility index (Phi) is 3.88. The number of rotatable bonds is 2. The van der Waals surface area contributed by atoms with Crippen LogP contribution >= 0.6 is 0 Å². The largest absolute Gasteiger partial charge is 0.478 e. The summed E-state index contributed by atoms with van der Waals surface area (Å²) in [6.07, 6.45) is 3.46. The standard InChI is InChI=1S/C20H15FN2O3/c21-15-6-3-12(4-7-15)10-13-2-1-9-23-18(13)22-17-8-5-14(20(25)26)11-16(17)19(23)24/h3-8,10-11H,1-2,9H2,(H,25,26)/b13-10+. The average molecular weight is 350 g/mol. The van der Waals surface area contributed by atoms with Gasteiger partial charge in [0.05, 0.1) is 16.5 Å². The number of carbonyl (C=O) groups is 1. The predicted molar refractivity (Wildman–Crippen MR) is 96.5 cm³/mol. The summed E-state index contributed by atoms with van der Waals surface area (Å²) >= 11 is 0. The molecule has 0 saturated carbocycles. The number of aromatic nitrogens is 2. The fraction of sp³-hybridized carbons (Fsp3) is 0.150. The van der Waals surface area contributed by atoms with Gasteiger partial charge in [-0.15, -0.1) is 0 Å². The van der Waals surface area contributed by atoms with E-state index in [9.17, 15) is 14.0 Å². The molecule has 0 amide bonds. The van der Waals surface area contributed by atoms with Crippen LogP contribution < -0.4 is 5.56 Å². The minimum atomic E-state index is -1.08. The first-order valence-corrected chi connectivity index (χ1v) is 8.27. The highest BCUT2D eigenvalue weighted by atomic mass is 19.1. The van der Waals surface area contributed by atoms with Crippen LogP contribution in [0.2, 0.25) is 0 Å². The first kappa shape index (κ1) is 16.2. The normalized spacial score (nSPS) is 15.2. The summed E-state index contributed by atoms with van der Waals surface area (Å²) in [6, 6.07) is 10.5. The summed E-state index contributed by atoms with van der Waals surface area (Å²) in [5, 5.41) is 9.44. The van der Waals surface area contributed by atoms with Gasteiger partial charge in [0.2, 0.25) is 0 Å². The molecule has 3 aromatic rings. The Bertz CT molecular complexity index is 1110. The van der Waals surface area contributed by atoms with E-state index in [1.165, 1.54) is 24.3 Å². The molecule has 2 heterocycles. The Morgan fingerprint density at radius 3 is 2.69 bits per heavy atom. The predicted octanol–water partition coefficient (Wildman–Crippen LogP) is 3.57. The Hall–Kier alpha value is -3.28. The first-order chi connectivity index (χ1) is 12.5. The Balaban J connectivity index is 1.89. The number of hydrogen-bond acceptors (Lipinski definition) is 3. The SMILES string of the molecule is O=C(O)c1ccc2nc3n(c(=O)c2c1)CCC/C3=C\c1ccc(F)cc1. The van der Waals surface area contributed by atoms with Crippen LogP contribution in [0.25, 0.3) is 22.6 Å². The third-order valence-corrected chi connectivity index (χ3v) is 4.53. The number of hydrogen-bond donors (Lipinski definition) is 1. The van der Waals surface area contributed by atoms with Crippen LogP contribution in [0.5, 0.6) is 0 Å². The van der Waals surface area contributed by atoms with Gasteiger partial charge in [-0.1, -0.05) is 12.1 Å². The molecule has 0 aliphatic carbocycles. The molecule has 0 fully saturated rings. The van der Waals surface area contributed by atoms with Crippen LogP contribution in [0.15, 0.2) is 47.3 Å². The topological polar surface area (TPSA) is 72.2 Å². The van der Waals surface area contributed by atoms with Crippen LogP contribution in [0, 0.1) is 5.82 Å². The number of carboxylic acids is 1. The maximum absolute atomic E-state index is 13.1. The smallest absolute Gasteiger partial charge is 0.335 e. The van der Waals surface area contributed by atoms with E-state index in [1.807, 2.05) is 6.08 Å². The molecule has 0 radical (unpaired) electrons. The van der Waals surface area contributed by atoms with Crippen molar-refractivity contribution in [3.63, 3.8) is 0 Å². The van der Waals surface area contributed by atoms with Crippen molar-refractivity contribution in [3.05, 3.63) is 75.6 Å². The summed E-state index contributed by atoms with van der Waals surface area (Å²) in [6.45, 7) is 0.537. The first-order valence-electron chi connectivity index (χ1n) is 8.27. The molecule has 4 rings (SSSR count). The second-order valence-electron chi connectivity index (χ2n) is 6.25. The zero-order valence-electron chi connectivity index (χ0n) is 13.8. The zero-order chi connectivity index (χ0) is 18.3. The number of benzene rings is 2. The van der Waals surface area contributed by atoms with Gasteiger partial charge in [-0.25, -0.2) is 14.2 Å². The van der Waals surface area contributed by atoms with Crippen molar-refractivity contribution in [2.45, 2.75) is 19.4 Å². The minimum absolute atomic E-state index is 0.0647. The summed E-state index contributed by atoms with van der Waals surface area (Å²) in [5.41, 5.74) is 2.04. The molecule has 0 atom stereocenters. The second-order valence-corrected chi connectivity index (χ2v) is 6.25. The van der Waals surface area contributed by atoms with Crippen molar-refractivity contribution in [3.8, 4) is 0 Å². The fourth-order valence-corrected chi connectivity index (χ4v) is 3.24. The van der Waals surface area contributed by atoms with E-state index in [0.717, 1.165) is 24.0 Å². The molecule has 6 heteroatoms. The fourth-order valence-electron chi connectivity index (χ4n) is 3.24. The third-order valence-electron chi connectivity index (χ3n) is 4.53.